The molecule has 1 aromatic rings. The van der Waals surface area contributed by atoms with Gasteiger partial charge in [-0.1, -0.05) is 31.5 Å². The molecule has 0 radical (unpaired) electrons. The third-order valence-corrected chi connectivity index (χ3v) is 5.20. The minimum atomic E-state index is 0.00878. The number of fused-ring (bicyclic) bond motifs is 1. The van der Waals surface area contributed by atoms with Gasteiger partial charge in [0.1, 0.15) is 0 Å². The van der Waals surface area contributed by atoms with Crippen LogP contribution in [0.15, 0.2) is 29.2 Å². The number of halogens is 1. The second-order valence-corrected chi connectivity index (χ2v) is 6.72. The molecule has 0 spiro atoms. The Hall–Kier alpha value is -0.670. The van der Waals surface area contributed by atoms with E-state index in [0.29, 0.717) is 11.8 Å². The third-order valence-electron chi connectivity index (χ3n) is 3.80. The molecule has 1 amide bonds. The Morgan fingerprint density at radius 1 is 1.45 bits per heavy atom. The van der Waals surface area contributed by atoms with Gasteiger partial charge in [0.2, 0.25) is 5.91 Å². The molecule has 1 N–H and O–H groups in total. The van der Waals surface area contributed by atoms with Gasteiger partial charge in [-0.15, -0.1) is 23.4 Å². The highest BCUT2D eigenvalue weighted by atomic mass is 35.5. The maximum absolute atomic E-state index is 12.4. The summed E-state index contributed by atoms with van der Waals surface area (Å²) in [6.45, 7) is 2.93. The second-order valence-electron chi connectivity index (χ2n) is 5.28. The van der Waals surface area contributed by atoms with Crippen LogP contribution in [0.2, 0.25) is 0 Å². The summed E-state index contributed by atoms with van der Waals surface area (Å²) in [4.78, 5) is 13.6. The predicted octanol–water partition coefficient (Wildman–Crippen LogP) is 4.04. The molecule has 0 saturated carbocycles. The van der Waals surface area contributed by atoms with Gasteiger partial charge in [-0.05, 0) is 30.4 Å². The number of amides is 1. The van der Waals surface area contributed by atoms with Crippen LogP contribution in [-0.4, -0.2) is 24.1 Å². The van der Waals surface area contributed by atoms with Gasteiger partial charge < -0.3 is 5.32 Å². The van der Waals surface area contributed by atoms with Crippen molar-refractivity contribution in [1.82, 2.24) is 5.32 Å². The van der Waals surface area contributed by atoms with E-state index in [0.717, 1.165) is 31.6 Å². The molecule has 2 rings (SSSR count). The quantitative estimate of drug-likeness (QED) is 0.770. The lowest BCUT2D eigenvalue weighted by molar-refractivity contribution is -0.122. The zero-order valence-corrected chi connectivity index (χ0v) is 13.5. The maximum atomic E-state index is 12.4. The standard InChI is InChI=1S/C16H22ClNOS/c1-2-5-12(8-9-17)10-18-16(19)14-11-20-15-7-4-3-6-13(14)15/h3-4,6-7,12,14H,2,5,8-11H2,1H3,(H,18,19). The van der Waals surface area contributed by atoms with Crippen LogP contribution >= 0.6 is 23.4 Å². The number of carbonyl (C=O) groups is 1. The van der Waals surface area contributed by atoms with Crippen LogP contribution in [-0.2, 0) is 4.79 Å². The molecule has 2 atom stereocenters. The molecule has 0 bridgehead atoms. The molecule has 1 heterocycles. The predicted molar refractivity (Wildman–Crippen MR) is 86.7 cm³/mol. The molecule has 1 aromatic carbocycles. The summed E-state index contributed by atoms with van der Waals surface area (Å²) in [6.07, 6.45) is 3.24. The Labute approximate surface area is 130 Å². The molecule has 0 aromatic heterocycles. The van der Waals surface area contributed by atoms with Gasteiger partial charge in [-0.25, -0.2) is 0 Å². The van der Waals surface area contributed by atoms with Crippen LogP contribution < -0.4 is 5.32 Å². The summed E-state index contributed by atoms with van der Waals surface area (Å²) in [6, 6.07) is 8.21. The highest BCUT2D eigenvalue weighted by Gasteiger charge is 2.28. The van der Waals surface area contributed by atoms with Crippen molar-refractivity contribution in [2.24, 2.45) is 5.92 Å². The number of rotatable bonds is 7. The minimum Gasteiger partial charge on any atom is -0.355 e. The first kappa shape index (κ1) is 15.7. The second kappa shape index (κ2) is 7.94. The average molecular weight is 312 g/mol. The Morgan fingerprint density at radius 3 is 3.00 bits per heavy atom. The van der Waals surface area contributed by atoms with E-state index in [9.17, 15) is 4.79 Å². The lowest BCUT2D eigenvalue weighted by Gasteiger charge is -2.17. The van der Waals surface area contributed by atoms with Gasteiger partial charge in [0.05, 0.1) is 5.92 Å². The molecule has 1 aliphatic rings. The van der Waals surface area contributed by atoms with Crippen molar-refractivity contribution >= 4 is 29.3 Å². The van der Waals surface area contributed by atoms with E-state index in [1.54, 1.807) is 11.8 Å². The summed E-state index contributed by atoms with van der Waals surface area (Å²) >= 11 is 7.60. The smallest absolute Gasteiger partial charge is 0.228 e. The normalized spacial score (nSPS) is 18.6. The first-order valence-corrected chi connectivity index (χ1v) is 8.83. The molecular formula is C16H22ClNOS. The summed E-state index contributed by atoms with van der Waals surface area (Å²) in [5.74, 6) is 2.21. The molecular weight excluding hydrogens is 290 g/mol. The Kier molecular flexibility index (Phi) is 6.24. The van der Waals surface area contributed by atoms with Crippen molar-refractivity contribution < 1.29 is 4.79 Å². The fourth-order valence-corrected chi connectivity index (χ4v) is 4.20. The van der Waals surface area contributed by atoms with Crippen LogP contribution in [0.4, 0.5) is 0 Å². The van der Waals surface area contributed by atoms with Crippen LogP contribution in [0.3, 0.4) is 0 Å². The zero-order chi connectivity index (χ0) is 14.4. The molecule has 20 heavy (non-hydrogen) atoms. The maximum Gasteiger partial charge on any atom is 0.228 e. The fourth-order valence-electron chi connectivity index (χ4n) is 2.66. The number of thioether (sulfide) groups is 1. The molecule has 4 heteroatoms. The van der Waals surface area contributed by atoms with E-state index in [-0.39, 0.29) is 11.8 Å². The van der Waals surface area contributed by atoms with Gasteiger partial charge in [-0.3, -0.25) is 4.79 Å². The van der Waals surface area contributed by atoms with Gasteiger partial charge in [0, 0.05) is 23.1 Å². The van der Waals surface area contributed by atoms with E-state index >= 15 is 0 Å². The van der Waals surface area contributed by atoms with Crippen molar-refractivity contribution in [3.8, 4) is 0 Å². The van der Waals surface area contributed by atoms with Crippen molar-refractivity contribution in [2.45, 2.75) is 37.0 Å². The van der Waals surface area contributed by atoms with E-state index in [1.165, 1.54) is 10.5 Å². The summed E-state index contributed by atoms with van der Waals surface area (Å²) in [5, 5.41) is 3.12. The number of benzene rings is 1. The number of carbonyl (C=O) groups excluding carboxylic acids is 1. The lowest BCUT2D eigenvalue weighted by atomic mass is 9.98. The van der Waals surface area contributed by atoms with E-state index in [4.69, 9.17) is 11.6 Å². The average Bonchev–Trinajstić information content (AvgIpc) is 2.89. The highest BCUT2D eigenvalue weighted by molar-refractivity contribution is 7.99. The highest BCUT2D eigenvalue weighted by Crippen LogP contribution is 2.39. The third kappa shape index (κ3) is 3.92. The zero-order valence-electron chi connectivity index (χ0n) is 11.9. The van der Waals surface area contributed by atoms with Crippen LogP contribution in [0.5, 0.6) is 0 Å². The summed E-state index contributed by atoms with van der Waals surface area (Å²) in [7, 11) is 0. The van der Waals surface area contributed by atoms with Gasteiger partial charge in [0.25, 0.3) is 0 Å². The topological polar surface area (TPSA) is 29.1 Å². The van der Waals surface area contributed by atoms with Gasteiger partial charge >= 0.3 is 0 Å². The monoisotopic (exact) mass is 311 g/mol. The minimum absolute atomic E-state index is 0.00878. The van der Waals surface area contributed by atoms with Crippen LogP contribution in [0.25, 0.3) is 0 Å². The molecule has 2 nitrogen and oxygen atoms in total. The van der Waals surface area contributed by atoms with Crippen molar-refractivity contribution in [3.63, 3.8) is 0 Å². The first-order chi connectivity index (χ1) is 9.76. The molecule has 2 unspecified atom stereocenters. The van der Waals surface area contributed by atoms with Crippen molar-refractivity contribution in [2.75, 3.05) is 18.2 Å². The lowest BCUT2D eigenvalue weighted by Crippen LogP contribution is -2.33. The van der Waals surface area contributed by atoms with E-state index < -0.39 is 0 Å². The van der Waals surface area contributed by atoms with Crippen LogP contribution in [0.1, 0.15) is 37.7 Å². The number of hydrogen-bond acceptors (Lipinski definition) is 2. The summed E-state index contributed by atoms with van der Waals surface area (Å²) < 4.78 is 0. The number of hydrogen-bond donors (Lipinski definition) is 1. The van der Waals surface area contributed by atoms with Crippen molar-refractivity contribution in [1.29, 1.82) is 0 Å². The van der Waals surface area contributed by atoms with Gasteiger partial charge in [-0.2, -0.15) is 0 Å². The molecule has 110 valence electrons. The van der Waals surface area contributed by atoms with Crippen molar-refractivity contribution in [3.05, 3.63) is 29.8 Å². The van der Waals surface area contributed by atoms with Crippen LogP contribution in [0, 0.1) is 5.92 Å². The number of nitrogens with one attached hydrogen (secondary N) is 1. The van der Waals surface area contributed by atoms with Gasteiger partial charge in [0.15, 0.2) is 0 Å². The van der Waals surface area contributed by atoms with E-state index in [1.807, 2.05) is 12.1 Å². The Bertz CT molecular complexity index is 446. The molecule has 0 fully saturated rings. The first-order valence-electron chi connectivity index (χ1n) is 7.31. The number of alkyl halides is 1. The Morgan fingerprint density at radius 2 is 2.25 bits per heavy atom. The van der Waals surface area contributed by atoms with E-state index in [2.05, 4.69) is 24.4 Å². The fraction of sp³-hybridized carbons (Fsp3) is 0.562. The Balaban J connectivity index is 1.89. The SMILES string of the molecule is CCCC(CCCl)CNC(=O)C1CSc2ccccc21. The molecule has 0 saturated heterocycles. The summed E-state index contributed by atoms with van der Waals surface area (Å²) in [5.41, 5.74) is 1.18. The molecule has 0 aliphatic carbocycles. The molecule has 1 aliphatic heterocycles. The largest absolute Gasteiger partial charge is 0.355 e.